The van der Waals surface area contributed by atoms with Crippen LogP contribution in [0.3, 0.4) is 0 Å². The van der Waals surface area contributed by atoms with E-state index in [4.69, 9.17) is 5.11 Å². The SMILES string of the molecule is CCCC(NCC(=O)NC(c1ccc(F)cc1)C(C)C)C(=O)O.Cl. The molecule has 0 aromatic heterocycles. The predicted molar refractivity (Wildman–Crippen MR) is 93.7 cm³/mol. The number of halogens is 2. The highest BCUT2D eigenvalue weighted by Gasteiger charge is 2.20. The van der Waals surface area contributed by atoms with Crippen molar-refractivity contribution >= 4 is 24.3 Å². The molecular formula is C17H26ClFN2O3. The number of aliphatic carboxylic acids is 1. The summed E-state index contributed by atoms with van der Waals surface area (Å²) in [7, 11) is 0. The van der Waals surface area contributed by atoms with Crippen LogP contribution in [0.4, 0.5) is 4.39 Å². The summed E-state index contributed by atoms with van der Waals surface area (Å²) >= 11 is 0. The minimum Gasteiger partial charge on any atom is -0.480 e. The van der Waals surface area contributed by atoms with Crippen LogP contribution in [-0.2, 0) is 9.59 Å². The van der Waals surface area contributed by atoms with Crippen molar-refractivity contribution in [2.24, 2.45) is 5.92 Å². The van der Waals surface area contributed by atoms with Crippen LogP contribution in [0.15, 0.2) is 24.3 Å². The average Bonchev–Trinajstić information content (AvgIpc) is 2.49. The first-order valence-electron chi connectivity index (χ1n) is 7.86. The fourth-order valence-corrected chi connectivity index (χ4v) is 2.35. The van der Waals surface area contributed by atoms with Gasteiger partial charge in [-0.2, -0.15) is 0 Å². The summed E-state index contributed by atoms with van der Waals surface area (Å²) in [5.74, 6) is -1.45. The Morgan fingerprint density at radius 2 is 1.79 bits per heavy atom. The van der Waals surface area contributed by atoms with E-state index in [0.717, 1.165) is 12.0 Å². The topological polar surface area (TPSA) is 78.4 Å². The molecule has 2 atom stereocenters. The lowest BCUT2D eigenvalue weighted by Gasteiger charge is -2.23. The molecule has 0 bridgehead atoms. The van der Waals surface area contributed by atoms with Crippen molar-refractivity contribution < 1.29 is 19.1 Å². The van der Waals surface area contributed by atoms with Crippen LogP contribution in [-0.4, -0.2) is 29.6 Å². The summed E-state index contributed by atoms with van der Waals surface area (Å²) < 4.78 is 13.0. The average molecular weight is 361 g/mol. The molecule has 7 heteroatoms. The van der Waals surface area contributed by atoms with E-state index in [1.165, 1.54) is 12.1 Å². The van der Waals surface area contributed by atoms with E-state index in [1.807, 2.05) is 20.8 Å². The van der Waals surface area contributed by atoms with Gasteiger partial charge >= 0.3 is 5.97 Å². The minimum absolute atomic E-state index is 0. The molecule has 0 aliphatic heterocycles. The second kappa shape index (κ2) is 11.0. The maximum atomic E-state index is 13.0. The Balaban J connectivity index is 0.00000529. The maximum absolute atomic E-state index is 13.0. The van der Waals surface area contributed by atoms with Crippen LogP contribution in [0.5, 0.6) is 0 Å². The van der Waals surface area contributed by atoms with Crippen LogP contribution in [0.2, 0.25) is 0 Å². The number of rotatable bonds is 9. The first-order chi connectivity index (χ1) is 10.8. The van der Waals surface area contributed by atoms with Gasteiger partial charge in [-0.1, -0.05) is 39.3 Å². The van der Waals surface area contributed by atoms with E-state index in [1.54, 1.807) is 12.1 Å². The molecule has 0 aliphatic rings. The first-order valence-corrected chi connectivity index (χ1v) is 7.86. The van der Waals surface area contributed by atoms with Gasteiger partial charge in [0, 0.05) is 0 Å². The third kappa shape index (κ3) is 7.27. The zero-order valence-electron chi connectivity index (χ0n) is 14.2. The molecule has 0 saturated heterocycles. The Morgan fingerprint density at radius 3 is 2.25 bits per heavy atom. The smallest absolute Gasteiger partial charge is 0.320 e. The third-order valence-electron chi connectivity index (χ3n) is 3.60. The summed E-state index contributed by atoms with van der Waals surface area (Å²) in [5, 5.41) is 14.7. The van der Waals surface area contributed by atoms with Gasteiger partial charge in [0.15, 0.2) is 0 Å². The summed E-state index contributed by atoms with van der Waals surface area (Å²) in [6.45, 7) is 5.74. The van der Waals surface area contributed by atoms with Crippen molar-refractivity contribution in [3.63, 3.8) is 0 Å². The van der Waals surface area contributed by atoms with Crippen LogP contribution in [0.25, 0.3) is 0 Å². The summed E-state index contributed by atoms with van der Waals surface area (Å²) in [4.78, 5) is 23.1. The fourth-order valence-electron chi connectivity index (χ4n) is 2.35. The number of benzene rings is 1. The molecule has 3 N–H and O–H groups in total. The Kier molecular flexibility index (Phi) is 10.2. The van der Waals surface area contributed by atoms with Gasteiger partial charge in [0.2, 0.25) is 5.91 Å². The Bertz CT molecular complexity index is 523. The molecule has 136 valence electrons. The third-order valence-corrected chi connectivity index (χ3v) is 3.60. The predicted octanol–water partition coefficient (Wildman–Crippen LogP) is 2.90. The normalized spacial score (nSPS) is 13.0. The van der Waals surface area contributed by atoms with Crippen molar-refractivity contribution in [1.82, 2.24) is 10.6 Å². The van der Waals surface area contributed by atoms with Gasteiger partial charge < -0.3 is 10.4 Å². The Hall–Kier alpha value is -1.66. The second-order valence-electron chi connectivity index (χ2n) is 5.90. The standard InChI is InChI=1S/C17H25FN2O3.ClH/c1-4-5-14(17(22)23)19-10-15(21)20-16(11(2)3)12-6-8-13(18)9-7-12;/h6-9,11,14,16,19H,4-5,10H2,1-3H3,(H,20,21)(H,22,23);1H. The van der Waals surface area contributed by atoms with Crippen LogP contribution >= 0.6 is 12.4 Å². The van der Waals surface area contributed by atoms with Crippen molar-refractivity contribution in [3.8, 4) is 0 Å². The molecule has 0 spiro atoms. The molecule has 0 fully saturated rings. The van der Waals surface area contributed by atoms with E-state index >= 15 is 0 Å². The van der Waals surface area contributed by atoms with Crippen LogP contribution in [0, 0.1) is 11.7 Å². The number of amides is 1. The van der Waals surface area contributed by atoms with Crippen molar-refractivity contribution in [3.05, 3.63) is 35.6 Å². The number of carboxylic acids is 1. The number of carbonyl (C=O) groups is 2. The van der Waals surface area contributed by atoms with Crippen LogP contribution < -0.4 is 10.6 Å². The van der Waals surface area contributed by atoms with Crippen molar-refractivity contribution in [2.75, 3.05) is 6.54 Å². The van der Waals surface area contributed by atoms with E-state index < -0.39 is 12.0 Å². The zero-order chi connectivity index (χ0) is 17.4. The van der Waals surface area contributed by atoms with Gasteiger partial charge in [-0.25, -0.2) is 4.39 Å². The molecule has 2 unspecified atom stereocenters. The Morgan fingerprint density at radius 1 is 1.21 bits per heavy atom. The summed E-state index contributed by atoms with van der Waals surface area (Å²) in [5.41, 5.74) is 0.818. The van der Waals surface area contributed by atoms with Gasteiger partial charge in [0.25, 0.3) is 0 Å². The molecule has 0 radical (unpaired) electrons. The quantitative estimate of drug-likeness (QED) is 0.632. The Labute approximate surface area is 148 Å². The van der Waals surface area contributed by atoms with E-state index in [-0.39, 0.29) is 42.6 Å². The molecule has 0 aliphatic carbocycles. The zero-order valence-corrected chi connectivity index (χ0v) is 15.0. The lowest BCUT2D eigenvalue weighted by molar-refractivity contribution is -0.139. The number of hydrogen-bond acceptors (Lipinski definition) is 3. The highest BCUT2D eigenvalue weighted by molar-refractivity contribution is 5.85. The number of hydrogen-bond donors (Lipinski definition) is 3. The highest BCUT2D eigenvalue weighted by Crippen LogP contribution is 2.21. The molecule has 0 saturated carbocycles. The van der Waals surface area contributed by atoms with Crippen LogP contribution in [0.1, 0.15) is 45.2 Å². The molecular weight excluding hydrogens is 335 g/mol. The largest absolute Gasteiger partial charge is 0.480 e. The lowest BCUT2D eigenvalue weighted by atomic mass is 9.96. The first kappa shape index (κ1) is 22.3. The van der Waals surface area contributed by atoms with E-state index in [0.29, 0.717) is 6.42 Å². The highest BCUT2D eigenvalue weighted by atomic mass is 35.5. The molecule has 1 rings (SSSR count). The monoisotopic (exact) mass is 360 g/mol. The van der Waals surface area contributed by atoms with Crippen molar-refractivity contribution in [1.29, 1.82) is 0 Å². The molecule has 1 aromatic carbocycles. The number of carbonyl (C=O) groups excluding carboxylic acids is 1. The van der Waals surface area contributed by atoms with Gasteiger partial charge in [-0.15, -0.1) is 12.4 Å². The van der Waals surface area contributed by atoms with Gasteiger partial charge in [0.1, 0.15) is 11.9 Å². The molecule has 5 nitrogen and oxygen atoms in total. The summed E-state index contributed by atoms with van der Waals surface area (Å²) in [6, 6.07) is 5.03. The second-order valence-corrected chi connectivity index (χ2v) is 5.90. The van der Waals surface area contributed by atoms with Gasteiger partial charge in [0.05, 0.1) is 12.6 Å². The van der Waals surface area contributed by atoms with Gasteiger partial charge in [-0.05, 0) is 30.0 Å². The van der Waals surface area contributed by atoms with E-state index in [9.17, 15) is 14.0 Å². The molecule has 0 heterocycles. The molecule has 24 heavy (non-hydrogen) atoms. The lowest BCUT2D eigenvalue weighted by Crippen LogP contribution is -2.44. The number of nitrogens with one attached hydrogen (secondary N) is 2. The minimum atomic E-state index is -0.960. The maximum Gasteiger partial charge on any atom is 0.320 e. The number of carboxylic acid groups (broad SMARTS) is 1. The summed E-state index contributed by atoms with van der Waals surface area (Å²) in [6.07, 6.45) is 1.18. The fraction of sp³-hybridized carbons (Fsp3) is 0.529. The molecule has 1 aromatic rings. The molecule has 1 amide bonds. The van der Waals surface area contributed by atoms with E-state index in [2.05, 4.69) is 10.6 Å². The van der Waals surface area contributed by atoms with Gasteiger partial charge in [-0.3, -0.25) is 14.9 Å². The van der Waals surface area contributed by atoms with Crippen molar-refractivity contribution in [2.45, 2.75) is 45.7 Å².